The van der Waals surface area contributed by atoms with E-state index in [9.17, 15) is 14.4 Å². The summed E-state index contributed by atoms with van der Waals surface area (Å²) in [6, 6.07) is 14.4. The van der Waals surface area contributed by atoms with Crippen LogP contribution in [0.25, 0.3) is 11.0 Å². The fraction of sp³-hybridized carbons (Fsp3) is 0.304. The monoisotopic (exact) mass is 420 g/mol. The molecule has 0 aliphatic carbocycles. The van der Waals surface area contributed by atoms with Gasteiger partial charge in [-0.25, -0.2) is 4.98 Å². The summed E-state index contributed by atoms with van der Waals surface area (Å²) in [5.41, 5.74) is 2.47. The number of rotatable bonds is 9. The molecule has 0 bridgehead atoms. The van der Waals surface area contributed by atoms with Crippen molar-refractivity contribution >= 4 is 34.7 Å². The third-order valence-electron chi connectivity index (χ3n) is 5.22. The Hall–Kier alpha value is -3.52. The molecule has 4 rings (SSSR count). The maximum Gasteiger partial charge on any atom is 0.261 e. The highest BCUT2D eigenvalue weighted by molar-refractivity contribution is 6.21. The van der Waals surface area contributed by atoms with Crippen LogP contribution in [0.1, 0.15) is 40.5 Å². The van der Waals surface area contributed by atoms with Crippen molar-refractivity contribution in [3.8, 4) is 0 Å². The molecule has 2 aromatic carbocycles. The topological polar surface area (TPSA) is 93.5 Å². The number of fused-ring (bicyclic) bond motifs is 2. The molecule has 160 valence electrons. The summed E-state index contributed by atoms with van der Waals surface area (Å²) in [4.78, 5) is 43.2. The standard InChI is InChI=1S/C23H24N4O4/c1-2-31-15-7-13-26-19-11-6-5-10-18(19)24-23(26)25-20(28)12-14-27-21(29)16-8-3-4-9-17(16)22(27)30/h3-6,8-11H,2,7,12-15H2,1H3,(H,24,25,28). The van der Waals surface area contributed by atoms with Crippen LogP contribution in [0.5, 0.6) is 0 Å². The average molecular weight is 420 g/mol. The van der Waals surface area contributed by atoms with E-state index >= 15 is 0 Å². The van der Waals surface area contributed by atoms with Crippen LogP contribution in [0, 0.1) is 0 Å². The number of amides is 3. The van der Waals surface area contributed by atoms with Crippen molar-refractivity contribution in [3.05, 3.63) is 59.7 Å². The fourth-order valence-corrected chi connectivity index (χ4v) is 3.71. The molecule has 1 N–H and O–H groups in total. The van der Waals surface area contributed by atoms with Crippen molar-refractivity contribution < 1.29 is 19.1 Å². The summed E-state index contributed by atoms with van der Waals surface area (Å²) < 4.78 is 7.37. The normalized spacial score (nSPS) is 13.1. The van der Waals surface area contributed by atoms with Gasteiger partial charge < -0.3 is 9.30 Å². The Morgan fingerprint density at radius 1 is 1.00 bits per heavy atom. The van der Waals surface area contributed by atoms with E-state index in [0.717, 1.165) is 22.4 Å². The Bertz CT molecular complexity index is 1100. The number of aromatic nitrogens is 2. The lowest BCUT2D eigenvalue weighted by atomic mass is 10.1. The Kier molecular flexibility index (Phi) is 6.08. The number of benzene rings is 2. The highest BCUT2D eigenvalue weighted by Crippen LogP contribution is 2.23. The molecule has 8 nitrogen and oxygen atoms in total. The molecule has 0 unspecified atom stereocenters. The quantitative estimate of drug-likeness (QED) is 0.424. The van der Waals surface area contributed by atoms with Crippen LogP contribution in [0.3, 0.4) is 0 Å². The van der Waals surface area contributed by atoms with Gasteiger partial charge >= 0.3 is 0 Å². The Labute approximate surface area is 179 Å². The minimum atomic E-state index is -0.364. The number of imide groups is 1. The predicted molar refractivity (Wildman–Crippen MR) is 116 cm³/mol. The number of aryl methyl sites for hydroxylation is 1. The average Bonchev–Trinajstić information content (AvgIpc) is 3.24. The first-order valence-electron chi connectivity index (χ1n) is 10.4. The zero-order chi connectivity index (χ0) is 21.8. The van der Waals surface area contributed by atoms with Gasteiger partial charge in [-0.1, -0.05) is 24.3 Å². The van der Waals surface area contributed by atoms with Crippen LogP contribution in [-0.4, -0.2) is 51.9 Å². The summed E-state index contributed by atoms with van der Waals surface area (Å²) in [5.74, 6) is -0.587. The lowest BCUT2D eigenvalue weighted by Crippen LogP contribution is -2.33. The molecule has 0 fully saturated rings. The van der Waals surface area contributed by atoms with Crippen molar-refractivity contribution in [2.75, 3.05) is 25.1 Å². The van der Waals surface area contributed by atoms with Crippen LogP contribution < -0.4 is 5.32 Å². The van der Waals surface area contributed by atoms with E-state index in [0.29, 0.717) is 36.8 Å². The second-order valence-corrected chi connectivity index (χ2v) is 7.23. The number of hydrogen-bond acceptors (Lipinski definition) is 5. The third-order valence-corrected chi connectivity index (χ3v) is 5.22. The summed E-state index contributed by atoms with van der Waals surface area (Å²) in [5, 5.41) is 2.84. The van der Waals surface area contributed by atoms with Crippen molar-refractivity contribution in [1.29, 1.82) is 0 Å². The number of para-hydroxylation sites is 2. The Morgan fingerprint density at radius 3 is 2.39 bits per heavy atom. The van der Waals surface area contributed by atoms with Gasteiger partial charge in [0.2, 0.25) is 11.9 Å². The van der Waals surface area contributed by atoms with Gasteiger partial charge in [0.1, 0.15) is 0 Å². The molecule has 1 aliphatic heterocycles. The summed E-state index contributed by atoms with van der Waals surface area (Å²) in [6.45, 7) is 3.89. The third kappa shape index (κ3) is 4.20. The highest BCUT2D eigenvalue weighted by Gasteiger charge is 2.35. The Morgan fingerprint density at radius 2 is 1.68 bits per heavy atom. The van der Waals surface area contributed by atoms with Gasteiger partial charge in [0.05, 0.1) is 22.2 Å². The van der Waals surface area contributed by atoms with Crippen LogP contribution in [0.4, 0.5) is 5.95 Å². The SMILES string of the molecule is CCOCCCn1c(NC(=O)CCN2C(=O)c3ccccc3C2=O)nc2ccccc21. The molecular weight excluding hydrogens is 396 g/mol. The van der Waals surface area contributed by atoms with Crippen LogP contribution in [0.15, 0.2) is 48.5 Å². The van der Waals surface area contributed by atoms with E-state index in [2.05, 4.69) is 10.3 Å². The number of imidazole rings is 1. The van der Waals surface area contributed by atoms with E-state index in [1.807, 2.05) is 35.8 Å². The van der Waals surface area contributed by atoms with E-state index in [4.69, 9.17) is 4.74 Å². The molecule has 0 spiro atoms. The number of anilines is 1. The van der Waals surface area contributed by atoms with E-state index < -0.39 is 0 Å². The van der Waals surface area contributed by atoms with Crippen molar-refractivity contribution in [1.82, 2.24) is 14.5 Å². The number of ether oxygens (including phenoxy) is 1. The minimum Gasteiger partial charge on any atom is -0.382 e. The second kappa shape index (κ2) is 9.09. The molecule has 0 radical (unpaired) electrons. The fourth-order valence-electron chi connectivity index (χ4n) is 3.71. The summed E-state index contributed by atoms with van der Waals surface area (Å²) in [6.07, 6.45) is 0.778. The van der Waals surface area contributed by atoms with Crippen molar-refractivity contribution in [2.45, 2.75) is 26.3 Å². The molecule has 0 saturated heterocycles. The maximum atomic E-state index is 12.6. The zero-order valence-corrected chi connectivity index (χ0v) is 17.3. The first kappa shape index (κ1) is 20.7. The number of hydrogen-bond donors (Lipinski definition) is 1. The van der Waals surface area contributed by atoms with E-state index in [-0.39, 0.29) is 30.7 Å². The van der Waals surface area contributed by atoms with Gasteiger partial charge in [-0.15, -0.1) is 0 Å². The smallest absolute Gasteiger partial charge is 0.261 e. The highest BCUT2D eigenvalue weighted by atomic mass is 16.5. The van der Waals surface area contributed by atoms with E-state index in [1.54, 1.807) is 24.3 Å². The maximum absolute atomic E-state index is 12.6. The first-order chi connectivity index (χ1) is 15.1. The number of carbonyl (C=O) groups excluding carboxylic acids is 3. The molecule has 8 heteroatoms. The van der Waals surface area contributed by atoms with Crippen molar-refractivity contribution in [2.24, 2.45) is 0 Å². The van der Waals surface area contributed by atoms with Crippen LogP contribution >= 0.6 is 0 Å². The summed E-state index contributed by atoms with van der Waals surface area (Å²) >= 11 is 0. The van der Waals surface area contributed by atoms with Crippen molar-refractivity contribution in [3.63, 3.8) is 0 Å². The molecule has 2 heterocycles. The molecule has 0 saturated carbocycles. The lowest BCUT2D eigenvalue weighted by Gasteiger charge is -2.14. The number of nitrogens with one attached hydrogen (secondary N) is 1. The van der Waals surface area contributed by atoms with Gasteiger partial charge in [-0.05, 0) is 37.6 Å². The van der Waals surface area contributed by atoms with Gasteiger partial charge in [-0.3, -0.25) is 24.6 Å². The Balaban J connectivity index is 1.43. The number of nitrogens with zero attached hydrogens (tertiary/aromatic N) is 3. The summed E-state index contributed by atoms with van der Waals surface area (Å²) in [7, 11) is 0. The molecule has 3 amide bonds. The molecule has 31 heavy (non-hydrogen) atoms. The largest absolute Gasteiger partial charge is 0.382 e. The van der Waals surface area contributed by atoms with E-state index in [1.165, 1.54) is 0 Å². The van der Waals surface area contributed by atoms with Crippen LogP contribution in [0.2, 0.25) is 0 Å². The molecule has 1 aromatic heterocycles. The minimum absolute atomic E-state index is 0.00633. The molecule has 3 aromatic rings. The first-order valence-corrected chi connectivity index (χ1v) is 10.4. The van der Waals surface area contributed by atoms with Gasteiger partial charge in [0.15, 0.2) is 0 Å². The number of carbonyl (C=O) groups is 3. The van der Waals surface area contributed by atoms with Gasteiger partial charge in [0.25, 0.3) is 11.8 Å². The molecular formula is C23H24N4O4. The predicted octanol–water partition coefficient (Wildman–Crippen LogP) is 3.09. The van der Waals surface area contributed by atoms with Crippen LogP contribution in [-0.2, 0) is 16.1 Å². The second-order valence-electron chi connectivity index (χ2n) is 7.23. The molecule has 0 atom stereocenters. The van der Waals surface area contributed by atoms with Gasteiger partial charge in [-0.2, -0.15) is 0 Å². The lowest BCUT2D eigenvalue weighted by molar-refractivity contribution is -0.116. The molecule has 1 aliphatic rings. The zero-order valence-electron chi connectivity index (χ0n) is 17.3. The van der Waals surface area contributed by atoms with Gasteiger partial charge in [0, 0.05) is 32.7 Å².